The minimum Gasteiger partial charge on any atom is -0.446 e. The highest BCUT2D eigenvalue weighted by Crippen LogP contribution is 2.39. The molecule has 3 nitrogen and oxygen atoms in total. The first-order valence-corrected chi connectivity index (χ1v) is 4.74. The van der Waals surface area contributed by atoms with Crippen molar-refractivity contribution in [3.63, 3.8) is 0 Å². The number of nitrogens with zero attached hydrogens (tertiary/aromatic N) is 1. The van der Waals surface area contributed by atoms with E-state index >= 15 is 0 Å². The van der Waals surface area contributed by atoms with Crippen molar-refractivity contribution in [2.24, 2.45) is 0 Å². The third kappa shape index (κ3) is 1.91. The molecule has 1 saturated carbocycles. The first-order valence-electron chi connectivity index (χ1n) is 4.74. The van der Waals surface area contributed by atoms with Gasteiger partial charge in [0.1, 0.15) is 5.76 Å². The molecule has 0 aliphatic heterocycles. The van der Waals surface area contributed by atoms with Crippen LogP contribution >= 0.6 is 0 Å². The van der Waals surface area contributed by atoms with Crippen molar-refractivity contribution in [3.8, 4) is 0 Å². The predicted octanol–water partition coefficient (Wildman–Crippen LogP) is 1.75. The number of oxazole rings is 1. The van der Waals surface area contributed by atoms with Gasteiger partial charge in [-0.15, -0.1) is 0 Å². The van der Waals surface area contributed by atoms with Crippen LogP contribution in [0, 0.1) is 13.8 Å². The summed E-state index contributed by atoms with van der Waals surface area (Å²) in [6, 6.07) is 0. The topological polar surface area (TPSA) is 46.3 Å². The Hall–Kier alpha value is -0.830. The zero-order chi connectivity index (χ0) is 9.47. The lowest BCUT2D eigenvalue weighted by Gasteiger charge is -2.03. The summed E-state index contributed by atoms with van der Waals surface area (Å²) in [5.74, 6) is 1.65. The van der Waals surface area contributed by atoms with Gasteiger partial charge in [-0.25, -0.2) is 4.98 Å². The molecule has 0 saturated heterocycles. The number of hydrogen-bond donors (Lipinski definition) is 1. The van der Waals surface area contributed by atoms with Gasteiger partial charge in [0, 0.05) is 6.42 Å². The summed E-state index contributed by atoms with van der Waals surface area (Å²) in [5, 5.41) is 9.60. The Bertz CT molecular complexity index is 293. The van der Waals surface area contributed by atoms with E-state index in [1.54, 1.807) is 0 Å². The SMILES string of the molecule is Cc1nc(CCC2(O)CC2)oc1C. The van der Waals surface area contributed by atoms with Crippen molar-refractivity contribution in [1.29, 1.82) is 0 Å². The maximum atomic E-state index is 9.60. The first-order chi connectivity index (χ1) is 6.09. The molecule has 2 rings (SSSR count). The second kappa shape index (κ2) is 2.84. The third-order valence-corrected chi connectivity index (χ3v) is 2.70. The van der Waals surface area contributed by atoms with Gasteiger partial charge in [0.15, 0.2) is 5.89 Å². The molecule has 1 fully saturated rings. The van der Waals surface area contributed by atoms with Crippen LogP contribution in [0.25, 0.3) is 0 Å². The molecule has 0 spiro atoms. The van der Waals surface area contributed by atoms with Gasteiger partial charge in [-0.2, -0.15) is 0 Å². The number of aryl methyl sites for hydroxylation is 3. The fourth-order valence-electron chi connectivity index (χ4n) is 1.38. The molecule has 1 aliphatic carbocycles. The van der Waals surface area contributed by atoms with Crippen molar-refractivity contribution < 1.29 is 9.52 Å². The molecule has 1 aromatic heterocycles. The Morgan fingerprint density at radius 3 is 2.62 bits per heavy atom. The summed E-state index contributed by atoms with van der Waals surface area (Å²) in [7, 11) is 0. The number of aliphatic hydroxyl groups is 1. The highest BCUT2D eigenvalue weighted by Gasteiger charge is 2.39. The molecule has 0 atom stereocenters. The zero-order valence-corrected chi connectivity index (χ0v) is 8.13. The normalized spacial score (nSPS) is 19.0. The van der Waals surface area contributed by atoms with Gasteiger partial charge in [-0.3, -0.25) is 0 Å². The number of aromatic nitrogens is 1. The van der Waals surface area contributed by atoms with Crippen LogP contribution in [0.4, 0.5) is 0 Å². The third-order valence-electron chi connectivity index (χ3n) is 2.70. The van der Waals surface area contributed by atoms with Crippen molar-refractivity contribution in [1.82, 2.24) is 4.98 Å². The molecule has 0 bridgehead atoms. The van der Waals surface area contributed by atoms with E-state index in [4.69, 9.17) is 4.42 Å². The van der Waals surface area contributed by atoms with Crippen LogP contribution in [0.5, 0.6) is 0 Å². The highest BCUT2D eigenvalue weighted by atomic mass is 16.4. The lowest BCUT2D eigenvalue weighted by Crippen LogP contribution is -2.07. The number of rotatable bonds is 3. The fraction of sp³-hybridized carbons (Fsp3) is 0.700. The summed E-state index contributed by atoms with van der Waals surface area (Å²) < 4.78 is 5.42. The minimum absolute atomic E-state index is 0.393. The molecule has 0 unspecified atom stereocenters. The molecule has 3 heteroatoms. The van der Waals surface area contributed by atoms with Crippen LogP contribution in [0.2, 0.25) is 0 Å². The van der Waals surface area contributed by atoms with Crippen molar-refractivity contribution in [3.05, 3.63) is 17.3 Å². The van der Waals surface area contributed by atoms with Gasteiger partial charge in [-0.05, 0) is 33.1 Å². The van der Waals surface area contributed by atoms with Gasteiger partial charge in [-0.1, -0.05) is 0 Å². The molecule has 0 amide bonds. The van der Waals surface area contributed by atoms with E-state index in [9.17, 15) is 5.11 Å². The number of hydrogen-bond acceptors (Lipinski definition) is 3. The summed E-state index contributed by atoms with van der Waals surface area (Å²) >= 11 is 0. The largest absolute Gasteiger partial charge is 0.446 e. The molecule has 13 heavy (non-hydrogen) atoms. The molecule has 72 valence electrons. The maximum Gasteiger partial charge on any atom is 0.194 e. The van der Waals surface area contributed by atoms with Crippen LogP contribution in [0.1, 0.15) is 36.6 Å². The standard InChI is InChI=1S/C10H15NO2/c1-7-8(2)13-9(11-7)3-4-10(12)5-6-10/h12H,3-6H2,1-2H3. The van der Waals surface area contributed by atoms with Crippen LogP contribution < -0.4 is 0 Å². The van der Waals surface area contributed by atoms with Gasteiger partial charge in [0.25, 0.3) is 0 Å². The molecule has 1 N–H and O–H groups in total. The molecule has 1 aliphatic rings. The van der Waals surface area contributed by atoms with E-state index < -0.39 is 5.60 Å². The summed E-state index contributed by atoms with van der Waals surface area (Å²) in [5.41, 5.74) is 0.564. The molecule has 1 heterocycles. The van der Waals surface area contributed by atoms with E-state index in [2.05, 4.69) is 4.98 Å². The molecule has 1 aromatic rings. The predicted molar refractivity (Wildman–Crippen MR) is 48.5 cm³/mol. The Balaban J connectivity index is 1.94. The van der Waals surface area contributed by atoms with Crippen LogP contribution in [0.3, 0.4) is 0 Å². The quantitative estimate of drug-likeness (QED) is 0.772. The maximum absolute atomic E-state index is 9.60. The summed E-state index contributed by atoms with van der Waals surface area (Å²) in [6.45, 7) is 3.85. The molecular weight excluding hydrogens is 166 g/mol. The van der Waals surface area contributed by atoms with E-state index in [-0.39, 0.29) is 0 Å². The van der Waals surface area contributed by atoms with E-state index in [0.717, 1.165) is 43.0 Å². The van der Waals surface area contributed by atoms with Crippen LogP contribution in [-0.2, 0) is 6.42 Å². The van der Waals surface area contributed by atoms with E-state index in [1.165, 1.54) is 0 Å². The van der Waals surface area contributed by atoms with Gasteiger partial charge in [0.05, 0.1) is 11.3 Å². The Morgan fingerprint density at radius 2 is 2.15 bits per heavy atom. The first kappa shape index (κ1) is 8.75. The Labute approximate surface area is 77.8 Å². The minimum atomic E-state index is -0.393. The second-order valence-corrected chi connectivity index (χ2v) is 3.97. The van der Waals surface area contributed by atoms with Crippen LogP contribution in [0.15, 0.2) is 4.42 Å². The van der Waals surface area contributed by atoms with E-state index in [0.29, 0.717) is 0 Å². The highest BCUT2D eigenvalue weighted by molar-refractivity contribution is 5.06. The van der Waals surface area contributed by atoms with Gasteiger partial charge in [0.2, 0.25) is 0 Å². The monoisotopic (exact) mass is 181 g/mol. The van der Waals surface area contributed by atoms with Crippen LogP contribution in [-0.4, -0.2) is 15.7 Å². The van der Waals surface area contributed by atoms with Gasteiger partial charge < -0.3 is 9.52 Å². The molecular formula is C10H15NO2. The van der Waals surface area contributed by atoms with Crippen molar-refractivity contribution in [2.45, 2.75) is 45.1 Å². The zero-order valence-electron chi connectivity index (χ0n) is 8.13. The lowest BCUT2D eigenvalue weighted by atomic mass is 10.2. The van der Waals surface area contributed by atoms with Crippen molar-refractivity contribution >= 4 is 0 Å². The Morgan fingerprint density at radius 1 is 1.46 bits per heavy atom. The smallest absolute Gasteiger partial charge is 0.194 e. The average Bonchev–Trinajstić information content (AvgIpc) is 2.72. The summed E-state index contributed by atoms with van der Waals surface area (Å²) in [4.78, 5) is 4.26. The Kier molecular flexibility index (Phi) is 1.91. The van der Waals surface area contributed by atoms with Gasteiger partial charge >= 0.3 is 0 Å². The fourth-order valence-corrected chi connectivity index (χ4v) is 1.38. The average molecular weight is 181 g/mol. The second-order valence-electron chi connectivity index (χ2n) is 3.97. The lowest BCUT2D eigenvalue weighted by molar-refractivity contribution is 0.137. The van der Waals surface area contributed by atoms with E-state index in [1.807, 2.05) is 13.8 Å². The molecule has 0 aromatic carbocycles. The van der Waals surface area contributed by atoms with Crippen molar-refractivity contribution in [2.75, 3.05) is 0 Å². The summed E-state index contributed by atoms with van der Waals surface area (Å²) in [6.07, 6.45) is 3.41. The molecule has 0 radical (unpaired) electrons.